The molecule has 1 N–H and O–H groups in total. The first kappa shape index (κ1) is 18.5. The number of aryl methyl sites for hydroxylation is 1. The number of amides is 1. The largest absolute Gasteiger partial charge is 0.327 e. The topological polar surface area (TPSA) is 50.2 Å². The summed E-state index contributed by atoms with van der Waals surface area (Å²) < 4.78 is 2.32. The molecule has 2 aromatic rings. The zero-order valence-electron chi connectivity index (χ0n) is 16.5. The molecule has 2 fully saturated rings. The Morgan fingerprint density at radius 1 is 1.11 bits per heavy atom. The number of aromatic nitrogens is 2. The molecule has 0 radical (unpaired) electrons. The lowest BCUT2D eigenvalue weighted by Crippen LogP contribution is -2.30. The van der Waals surface area contributed by atoms with Crippen molar-refractivity contribution in [2.75, 3.05) is 18.4 Å². The molecule has 0 unspecified atom stereocenters. The highest BCUT2D eigenvalue weighted by Crippen LogP contribution is 2.26. The highest BCUT2D eigenvalue weighted by Gasteiger charge is 2.21. The second-order valence-electron chi connectivity index (χ2n) is 8.14. The Kier molecular flexibility index (Phi) is 5.77. The van der Waals surface area contributed by atoms with Gasteiger partial charge in [0.15, 0.2) is 0 Å². The molecule has 1 aliphatic carbocycles. The lowest BCUT2D eigenvalue weighted by molar-refractivity contribution is -0.120. The maximum absolute atomic E-state index is 12.6. The fraction of sp³-hybridized carbons (Fsp3) is 0.636. The average molecular weight is 369 g/mol. The molecule has 1 amide bonds. The number of hydrogen-bond acceptors (Lipinski definition) is 3. The normalized spacial score (nSPS) is 19.4. The number of nitrogens with one attached hydrogen (secondary N) is 1. The van der Waals surface area contributed by atoms with Crippen LogP contribution in [-0.2, 0) is 17.9 Å². The van der Waals surface area contributed by atoms with Gasteiger partial charge in [-0.2, -0.15) is 0 Å². The van der Waals surface area contributed by atoms with Gasteiger partial charge in [-0.25, -0.2) is 4.98 Å². The summed E-state index contributed by atoms with van der Waals surface area (Å²) in [5.41, 5.74) is 3.04. The van der Waals surface area contributed by atoms with Gasteiger partial charge < -0.3 is 9.88 Å². The predicted octanol–water partition coefficient (Wildman–Crippen LogP) is 4.56. The molecule has 27 heavy (non-hydrogen) atoms. The molecule has 0 bridgehead atoms. The maximum Gasteiger partial charge on any atom is 0.227 e. The Hall–Kier alpha value is -1.88. The summed E-state index contributed by atoms with van der Waals surface area (Å²) in [6, 6.07) is 6.19. The van der Waals surface area contributed by atoms with Crippen LogP contribution in [0.2, 0.25) is 0 Å². The molecular formula is C22H32N4O. The standard InChI is InChI=1S/C22H32N4O/c1-2-26-20-12-11-18(23-22(27)17-9-5-3-6-10-17)15-19(20)24-21(26)16-25-13-7-4-8-14-25/h11-12,15,17H,2-10,13-14,16H2,1H3,(H,23,27). The van der Waals surface area contributed by atoms with Gasteiger partial charge in [-0.1, -0.05) is 25.7 Å². The summed E-state index contributed by atoms with van der Waals surface area (Å²) in [5, 5.41) is 3.13. The van der Waals surface area contributed by atoms with Crippen molar-refractivity contribution >= 4 is 22.6 Å². The molecule has 1 saturated heterocycles. The van der Waals surface area contributed by atoms with Crippen LogP contribution in [0.25, 0.3) is 11.0 Å². The van der Waals surface area contributed by atoms with Gasteiger partial charge in [-0.05, 0) is 63.9 Å². The fourth-order valence-electron chi connectivity index (χ4n) is 4.66. The average Bonchev–Trinajstić information content (AvgIpc) is 3.05. The van der Waals surface area contributed by atoms with Crippen LogP contribution in [0.5, 0.6) is 0 Å². The fourth-order valence-corrected chi connectivity index (χ4v) is 4.66. The molecule has 5 nitrogen and oxygen atoms in total. The maximum atomic E-state index is 12.6. The molecule has 146 valence electrons. The number of piperidine rings is 1. The molecule has 5 heteroatoms. The van der Waals surface area contributed by atoms with Gasteiger partial charge in [-0.3, -0.25) is 9.69 Å². The van der Waals surface area contributed by atoms with E-state index in [0.717, 1.165) is 43.0 Å². The Morgan fingerprint density at radius 3 is 2.59 bits per heavy atom. The number of anilines is 1. The molecule has 2 heterocycles. The van der Waals surface area contributed by atoms with E-state index >= 15 is 0 Å². The number of benzene rings is 1. The lowest BCUT2D eigenvalue weighted by atomic mass is 9.88. The molecule has 1 aromatic carbocycles. The number of hydrogen-bond donors (Lipinski definition) is 1. The number of likely N-dealkylation sites (tertiary alicyclic amines) is 1. The van der Waals surface area contributed by atoms with E-state index in [0.29, 0.717) is 0 Å². The van der Waals surface area contributed by atoms with Crippen LogP contribution in [0.3, 0.4) is 0 Å². The van der Waals surface area contributed by atoms with Crippen molar-refractivity contribution in [1.29, 1.82) is 0 Å². The van der Waals surface area contributed by atoms with Crippen molar-refractivity contribution in [3.63, 3.8) is 0 Å². The monoisotopic (exact) mass is 368 g/mol. The molecule has 1 saturated carbocycles. The summed E-state index contributed by atoms with van der Waals surface area (Å²) in [6.07, 6.45) is 9.62. The predicted molar refractivity (Wildman–Crippen MR) is 110 cm³/mol. The van der Waals surface area contributed by atoms with E-state index in [1.165, 1.54) is 57.1 Å². The van der Waals surface area contributed by atoms with E-state index in [4.69, 9.17) is 4.98 Å². The van der Waals surface area contributed by atoms with E-state index < -0.39 is 0 Å². The van der Waals surface area contributed by atoms with Crippen LogP contribution in [0, 0.1) is 5.92 Å². The summed E-state index contributed by atoms with van der Waals surface area (Å²) in [6.45, 7) is 6.38. The van der Waals surface area contributed by atoms with Crippen molar-refractivity contribution in [1.82, 2.24) is 14.5 Å². The number of rotatable bonds is 5. The van der Waals surface area contributed by atoms with Crippen LogP contribution in [-0.4, -0.2) is 33.4 Å². The lowest BCUT2D eigenvalue weighted by Gasteiger charge is -2.26. The quantitative estimate of drug-likeness (QED) is 0.841. The second kappa shape index (κ2) is 8.42. The minimum Gasteiger partial charge on any atom is -0.327 e. The Balaban J connectivity index is 1.52. The number of fused-ring (bicyclic) bond motifs is 1. The van der Waals surface area contributed by atoms with Crippen molar-refractivity contribution in [2.45, 2.75) is 71.4 Å². The second-order valence-corrected chi connectivity index (χ2v) is 8.14. The smallest absolute Gasteiger partial charge is 0.227 e. The van der Waals surface area contributed by atoms with Gasteiger partial charge in [-0.15, -0.1) is 0 Å². The molecule has 4 rings (SSSR count). The highest BCUT2D eigenvalue weighted by molar-refractivity contribution is 5.94. The first-order chi connectivity index (χ1) is 13.2. The zero-order valence-corrected chi connectivity index (χ0v) is 16.5. The molecule has 1 aromatic heterocycles. The Bertz CT molecular complexity index is 785. The van der Waals surface area contributed by atoms with Crippen LogP contribution >= 0.6 is 0 Å². The van der Waals surface area contributed by atoms with Crippen molar-refractivity contribution in [3.05, 3.63) is 24.0 Å². The number of carbonyl (C=O) groups is 1. The number of imidazole rings is 1. The van der Waals surface area contributed by atoms with Gasteiger partial charge in [0, 0.05) is 18.2 Å². The van der Waals surface area contributed by atoms with E-state index in [1.807, 2.05) is 12.1 Å². The van der Waals surface area contributed by atoms with Crippen LogP contribution < -0.4 is 5.32 Å². The third-order valence-corrected chi connectivity index (χ3v) is 6.20. The first-order valence-corrected chi connectivity index (χ1v) is 10.8. The van der Waals surface area contributed by atoms with Crippen molar-refractivity contribution in [2.24, 2.45) is 5.92 Å². The minimum absolute atomic E-state index is 0.178. The van der Waals surface area contributed by atoms with Crippen molar-refractivity contribution < 1.29 is 4.79 Å². The van der Waals surface area contributed by atoms with Crippen LogP contribution in [0.15, 0.2) is 18.2 Å². The highest BCUT2D eigenvalue weighted by atomic mass is 16.1. The third-order valence-electron chi connectivity index (χ3n) is 6.20. The van der Waals surface area contributed by atoms with Gasteiger partial charge in [0.25, 0.3) is 0 Å². The summed E-state index contributed by atoms with van der Waals surface area (Å²) >= 11 is 0. The van der Waals surface area contributed by atoms with E-state index in [1.54, 1.807) is 0 Å². The zero-order chi connectivity index (χ0) is 18.6. The van der Waals surface area contributed by atoms with E-state index in [-0.39, 0.29) is 11.8 Å². The number of nitrogens with zero attached hydrogens (tertiary/aromatic N) is 3. The molecule has 1 aliphatic heterocycles. The third kappa shape index (κ3) is 4.18. The summed E-state index contributed by atoms with van der Waals surface area (Å²) in [7, 11) is 0. The first-order valence-electron chi connectivity index (χ1n) is 10.8. The molecule has 0 atom stereocenters. The molecular weight excluding hydrogens is 336 g/mol. The number of carbonyl (C=O) groups excluding carboxylic acids is 1. The summed E-state index contributed by atoms with van der Waals surface area (Å²) in [5.74, 6) is 1.50. The van der Waals surface area contributed by atoms with E-state index in [9.17, 15) is 4.79 Å². The van der Waals surface area contributed by atoms with Gasteiger partial charge >= 0.3 is 0 Å². The van der Waals surface area contributed by atoms with Gasteiger partial charge in [0.1, 0.15) is 5.82 Å². The van der Waals surface area contributed by atoms with Gasteiger partial charge in [0.2, 0.25) is 5.91 Å². The van der Waals surface area contributed by atoms with Crippen molar-refractivity contribution in [3.8, 4) is 0 Å². The van der Waals surface area contributed by atoms with Gasteiger partial charge in [0.05, 0.1) is 17.6 Å². The Labute approximate surface area is 162 Å². The SMILES string of the molecule is CCn1c(CN2CCCCC2)nc2cc(NC(=O)C3CCCCC3)ccc21. The minimum atomic E-state index is 0.178. The molecule has 0 spiro atoms. The van der Waals surface area contributed by atoms with E-state index in [2.05, 4.69) is 27.8 Å². The molecule has 2 aliphatic rings. The van der Waals surface area contributed by atoms with Crippen LogP contribution in [0.4, 0.5) is 5.69 Å². The van der Waals surface area contributed by atoms with Crippen LogP contribution in [0.1, 0.15) is 64.1 Å². The Morgan fingerprint density at radius 2 is 1.85 bits per heavy atom. The summed E-state index contributed by atoms with van der Waals surface area (Å²) in [4.78, 5) is 20.0.